The van der Waals surface area contributed by atoms with Crippen molar-refractivity contribution in [1.82, 2.24) is 9.78 Å². The molecule has 1 rings (SSSR count). The predicted octanol–water partition coefficient (Wildman–Crippen LogP) is 3.40. The van der Waals surface area contributed by atoms with Gasteiger partial charge in [0.05, 0.1) is 10.5 Å². The molecule has 0 atom stereocenters. The third-order valence-corrected chi connectivity index (χ3v) is 2.63. The molecule has 1 heterocycles. The van der Waals surface area contributed by atoms with Crippen molar-refractivity contribution in [3.63, 3.8) is 0 Å². The van der Waals surface area contributed by atoms with E-state index in [1.165, 1.54) is 4.68 Å². The SMILES string of the molecule is CC(C)Cc1nn(C(C)(C)C)c(Cl)c1[N+](=O)[O-]. The Hall–Kier alpha value is -1.10. The minimum absolute atomic E-state index is 0.0599. The Labute approximate surface area is 106 Å². The Morgan fingerprint density at radius 3 is 2.35 bits per heavy atom. The molecule has 0 aliphatic rings. The molecule has 6 heteroatoms. The van der Waals surface area contributed by atoms with Gasteiger partial charge in [-0.05, 0) is 26.7 Å². The number of halogens is 1. The molecule has 5 nitrogen and oxygen atoms in total. The Balaban J connectivity index is 3.35. The number of aromatic nitrogens is 2. The van der Waals surface area contributed by atoms with Gasteiger partial charge < -0.3 is 0 Å². The maximum absolute atomic E-state index is 11.0. The molecule has 0 bridgehead atoms. The van der Waals surface area contributed by atoms with Crippen LogP contribution in [0.1, 0.15) is 40.3 Å². The van der Waals surface area contributed by atoms with Gasteiger partial charge in [-0.25, -0.2) is 4.68 Å². The van der Waals surface area contributed by atoms with Crippen LogP contribution in [0.15, 0.2) is 0 Å². The zero-order chi connectivity index (χ0) is 13.4. The van der Waals surface area contributed by atoms with Crippen LogP contribution in [0.25, 0.3) is 0 Å². The predicted molar refractivity (Wildman–Crippen MR) is 67.4 cm³/mol. The molecular formula is C11H18ClN3O2. The lowest BCUT2D eigenvalue weighted by atomic mass is 10.1. The standard InChI is InChI=1S/C11H18ClN3O2/c1-7(2)6-8-9(15(16)17)10(12)14(13-8)11(3,4)5/h7H,6H2,1-5H3. The fourth-order valence-corrected chi connectivity index (χ4v) is 2.05. The molecule has 0 radical (unpaired) electrons. The molecule has 0 saturated carbocycles. The van der Waals surface area contributed by atoms with Crippen LogP contribution in [0.2, 0.25) is 5.15 Å². The molecule has 0 saturated heterocycles. The van der Waals surface area contributed by atoms with Crippen LogP contribution < -0.4 is 0 Å². The highest BCUT2D eigenvalue weighted by Gasteiger charge is 2.31. The molecule has 0 aliphatic carbocycles. The average Bonchev–Trinajstić information content (AvgIpc) is 2.40. The highest BCUT2D eigenvalue weighted by Crippen LogP contribution is 2.33. The number of nitrogens with zero attached hydrogens (tertiary/aromatic N) is 3. The lowest BCUT2D eigenvalue weighted by Crippen LogP contribution is -2.23. The van der Waals surface area contributed by atoms with Gasteiger partial charge in [0, 0.05) is 6.42 Å². The van der Waals surface area contributed by atoms with Crippen molar-refractivity contribution >= 4 is 17.3 Å². The lowest BCUT2D eigenvalue weighted by molar-refractivity contribution is -0.385. The van der Waals surface area contributed by atoms with Gasteiger partial charge >= 0.3 is 5.69 Å². The monoisotopic (exact) mass is 259 g/mol. The van der Waals surface area contributed by atoms with Gasteiger partial charge in [-0.15, -0.1) is 0 Å². The summed E-state index contributed by atoms with van der Waals surface area (Å²) in [5.41, 5.74) is 0.0390. The third-order valence-electron chi connectivity index (χ3n) is 2.30. The van der Waals surface area contributed by atoms with Crippen LogP contribution >= 0.6 is 11.6 Å². The highest BCUT2D eigenvalue weighted by molar-refractivity contribution is 6.31. The van der Waals surface area contributed by atoms with Crippen LogP contribution in [0.5, 0.6) is 0 Å². The second-order valence-electron chi connectivity index (χ2n) is 5.52. The molecule has 17 heavy (non-hydrogen) atoms. The van der Waals surface area contributed by atoms with Gasteiger partial charge in [-0.3, -0.25) is 10.1 Å². The summed E-state index contributed by atoms with van der Waals surface area (Å²) in [6.45, 7) is 9.72. The first kappa shape index (κ1) is 14.0. The zero-order valence-electron chi connectivity index (χ0n) is 10.8. The molecule has 1 aromatic rings. The third kappa shape index (κ3) is 2.97. The molecule has 0 aromatic carbocycles. The smallest absolute Gasteiger partial charge is 0.258 e. The Morgan fingerprint density at radius 2 is 2.00 bits per heavy atom. The summed E-state index contributed by atoms with van der Waals surface area (Å²) in [7, 11) is 0. The molecule has 1 aromatic heterocycles. The van der Waals surface area contributed by atoms with Crippen molar-refractivity contribution in [2.45, 2.75) is 46.6 Å². The zero-order valence-corrected chi connectivity index (χ0v) is 11.6. The van der Waals surface area contributed by atoms with Gasteiger partial charge in [0.1, 0.15) is 5.69 Å². The summed E-state index contributed by atoms with van der Waals surface area (Å²) in [4.78, 5) is 10.6. The van der Waals surface area contributed by atoms with Crippen molar-refractivity contribution in [3.05, 3.63) is 21.0 Å². The highest BCUT2D eigenvalue weighted by atomic mass is 35.5. The molecule has 0 aliphatic heterocycles. The minimum Gasteiger partial charge on any atom is -0.258 e. The van der Waals surface area contributed by atoms with Crippen LogP contribution in [0.3, 0.4) is 0 Å². The van der Waals surface area contributed by atoms with E-state index in [1.54, 1.807) is 0 Å². The number of hydrogen-bond donors (Lipinski definition) is 0. The summed E-state index contributed by atoms with van der Waals surface area (Å²) in [5.74, 6) is 0.299. The summed E-state index contributed by atoms with van der Waals surface area (Å²) in [6, 6.07) is 0. The van der Waals surface area contributed by atoms with Gasteiger partial charge in [0.15, 0.2) is 0 Å². The van der Waals surface area contributed by atoms with Crippen LogP contribution in [0.4, 0.5) is 5.69 Å². The molecule has 0 N–H and O–H groups in total. The van der Waals surface area contributed by atoms with E-state index < -0.39 is 4.92 Å². The van der Waals surface area contributed by atoms with Crippen LogP contribution in [0, 0.1) is 16.0 Å². The number of hydrogen-bond acceptors (Lipinski definition) is 3. The maximum atomic E-state index is 11.0. The van der Waals surface area contributed by atoms with Crippen molar-refractivity contribution in [2.75, 3.05) is 0 Å². The van der Waals surface area contributed by atoms with E-state index in [9.17, 15) is 10.1 Å². The van der Waals surface area contributed by atoms with Gasteiger partial charge in [-0.1, -0.05) is 25.4 Å². The maximum Gasteiger partial charge on any atom is 0.329 e. The minimum atomic E-state index is -0.449. The molecule has 0 unspecified atom stereocenters. The van der Waals surface area contributed by atoms with E-state index in [-0.39, 0.29) is 16.4 Å². The van der Waals surface area contributed by atoms with E-state index in [2.05, 4.69) is 5.10 Å². The largest absolute Gasteiger partial charge is 0.329 e. The molecular weight excluding hydrogens is 242 g/mol. The van der Waals surface area contributed by atoms with Crippen molar-refractivity contribution < 1.29 is 4.92 Å². The summed E-state index contributed by atoms with van der Waals surface area (Å²) >= 11 is 6.05. The summed E-state index contributed by atoms with van der Waals surface area (Å²) in [6.07, 6.45) is 0.555. The van der Waals surface area contributed by atoms with E-state index in [4.69, 9.17) is 11.6 Å². The average molecular weight is 260 g/mol. The van der Waals surface area contributed by atoms with E-state index in [0.717, 1.165) is 0 Å². The molecule has 0 amide bonds. The van der Waals surface area contributed by atoms with Gasteiger partial charge in [0.25, 0.3) is 0 Å². The van der Waals surface area contributed by atoms with E-state index in [0.29, 0.717) is 18.0 Å². The topological polar surface area (TPSA) is 61.0 Å². The van der Waals surface area contributed by atoms with Gasteiger partial charge in [-0.2, -0.15) is 5.10 Å². The molecule has 0 spiro atoms. The van der Waals surface area contributed by atoms with E-state index in [1.807, 2.05) is 34.6 Å². The summed E-state index contributed by atoms with van der Waals surface area (Å²) in [5, 5.41) is 15.4. The second kappa shape index (κ2) is 4.64. The fraction of sp³-hybridized carbons (Fsp3) is 0.727. The van der Waals surface area contributed by atoms with Crippen molar-refractivity contribution in [3.8, 4) is 0 Å². The lowest BCUT2D eigenvalue weighted by Gasteiger charge is -2.19. The van der Waals surface area contributed by atoms with Crippen LogP contribution in [-0.2, 0) is 12.0 Å². The Kier molecular flexibility index (Phi) is 3.81. The Bertz CT molecular complexity index is 433. The quantitative estimate of drug-likeness (QED) is 0.617. The normalized spacial score (nSPS) is 12.2. The van der Waals surface area contributed by atoms with Crippen LogP contribution in [-0.4, -0.2) is 14.7 Å². The Morgan fingerprint density at radius 1 is 1.47 bits per heavy atom. The van der Waals surface area contributed by atoms with Crippen molar-refractivity contribution in [2.24, 2.45) is 5.92 Å². The first-order valence-corrected chi connectivity index (χ1v) is 5.94. The van der Waals surface area contributed by atoms with Crippen molar-refractivity contribution in [1.29, 1.82) is 0 Å². The second-order valence-corrected chi connectivity index (χ2v) is 5.88. The van der Waals surface area contributed by atoms with E-state index >= 15 is 0 Å². The first-order chi connectivity index (χ1) is 7.64. The fourth-order valence-electron chi connectivity index (χ4n) is 1.58. The molecule has 96 valence electrons. The first-order valence-electron chi connectivity index (χ1n) is 5.57. The van der Waals surface area contributed by atoms with Gasteiger partial charge in [0.2, 0.25) is 5.15 Å². The molecule has 0 fully saturated rings. The number of rotatable bonds is 3. The number of nitro groups is 1. The summed E-state index contributed by atoms with van der Waals surface area (Å²) < 4.78 is 1.52.